The number of fused-ring (bicyclic) bond motifs is 6. The SMILES string of the molecule is CC(C)c1cc2ccccc2n(C)c1=O.CC(C)c1nc2ccccc2cc1C(F)(F)F.CC(C)n1c(=O)c2ccncc2n(C)c1=O.CC(C)n1c(=O)n(C)c2cccnc21.COc1cc(F)cc(C(F)(F)F)c1C(C)C.Cc1c(C(C)C)c(=O)n(C)c2ccc(F)cc12.Cc1c(C(C)C)ncc2ccccc12. The summed E-state index contributed by atoms with van der Waals surface area (Å²) in [5.74, 6) is -1.03. The highest BCUT2D eigenvalue weighted by Crippen LogP contribution is 2.41. The zero-order valence-electron chi connectivity index (χ0n) is 65.5. The average molecular weight is 1510 g/mol. The first-order chi connectivity index (χ1) is 51.1. The van der Waals surface area contributed by atoms with Crippen molar-refractivity contribution in [3.63, 3.8) is 0 Å². The Morgan fingerprint density at radius 3 is 1.54 bits per heavy atom. The minimum atomic E-state index is -4.57. The Morgan fingerprint density at radius 1 is 0.413 bits per heavy atom. The maximum atomic E-state index is 13.3. The van der Waals surface area contributed by atoms with Crippen molar-refractivity contribution >= 4 is 65.5 Å². The Bertz CT molecular complexity index is 5720. The first-order valence-corrected chi connectivity index (χ1v) is 35.8. The molecular weight excluding hydrogens is 1410 g/mol. The third-order valence-corrected chi connectivity index (χ3v) is 18.5. The van der Waals surface area contributed by atoms with E-state index in [-0.39, 0.29) is 80.7 Å². The maximum Gasteiger partial charge on any atom is 0.418 e. The monoisotopic (exact) mass is 1500 g/mol. The van der Waals surface area contributed by atoms with E-state index in [9.17, 15) is 59.1 Å². The van der Waals surface area contributed by atoms with Gasteiger partial charge in [0.05, 0.1) is 63.1 Å². The number of hydrogen-bond donors (Lipinski definition) is 0. The standard InChI is InChI=1S/C14H16FNO.C13H12F3N.C13H15NO.C13H15N.C11H12F4O.C11H13N3O2.C10H13N3O/c1-8(2)13-9(3)11-7-10(15)5-6-12(11)16(4)14(13)17;1-8(2)12-10(13(14,15)16)7-9-5-3-4-6-11(9)17-12;1-9(2)11-8-10-6-4-5-7-12(10)14(3)13(11)15;1-9(2)13-10(3)12-7-5-4-6-11(12)8-14-13;1-6(2)10-8(11(13,14)15)4-7(12)5-9(10)16-3;1-7(2)14-10(15)8-4-5-12-6-9(8)13(3)11(14)16;1-7(2)13-9-8(5-4-6-11-9)12(3)10(13)14/h5-8H,1-4H3;3-8H,1-2H3;4-9H,1-3H3;4-9H,1-3H3;4-6H,1-3H3;4-7H,1-3H3;4-7H,1-3H3. The molecule has 0 aliphatic rings. The summed E-state index contributed by atoms with van der Waals surface area (Å²) in [6, 6.07) is 37.8. The molecular formula is C85H96F8N10O6. The molecule has 0 unspecified atom stereocenters. The number of nitrogens with zero attached hydrogens (tertiary/aromatic N) is 10. The van der Waals surface area contributed by atoms with Crippen molar-refractivity contribution < 1.29 is 39.9 Å². The summed E-state index contributed by atoms with van der Waals surface area (Å²) in [7, 11) is 8.20. The highest BCUT2D eigenvalue weighted by atomic mass is 19.4. The fourth-order valence-electron chi connectivity index (χ4n) is 13.0. The summed E-state index contributed by atoms with van der Waals surface area (Å²) in [4.78, 5) is 76.8. The quantitative estimate of drug-likeness (QED) is 0.133. The summed E-state index contributed by atoms with van der Waals surface area (Å²) in [5, 5.41) is 5.54. The summed E-state index contributed by atoms with van der Waals surface area (Å²) >= 11 is 0. The van der Waals surface area contributed by atoms with Crippen LogP contribution in [-0.2, 0) is 40.5 Å². The Balaban J connectivity index is 0.000000177. The van der Waals surface area contributed by atoms with E-state index in [0.29, 0.717) is 33.8 Å². The number of ether oxygens (including phenoxy) is 1. The average Bonchev–Trinajstić information content (AvgIpc) is 1.71. The Kier molecular flexibility index (Phi) is 28.1. The topological polar surface area (TPSA) is 176 Å². The highest BCUT2D eigenvalue weighted by Gasteiger charge is 2.37. The molecule has 0 aliphatic heterocycles. The first kappa shape index (κ1) is 85.3. The molecule has 8 heterocycles. The van der Waals surface area contributed by atoms with E-state index in [0.717, 1.165) is 55.7 Å². The number of hydrogen-bond acceptors (Lipinski definition) is 10. The van der Waals surface area contributed by atoms with Gasteiger partial charge in [0.15, 0.2) is 5.65 Å². The van der Waals surface area contributed by atoms with Gasteiger partial charge in [-0.05, 0) is 160 Å². The lowest BCUT2D eigenvalue weighted by atomic mass is 9.95. The van der Waals surface area contributed by atoms with E-state index in [1.54, 1.807) is 116 Å². The van der Waals surface area contributed by atoms with Gasteiger partial charge in [-0.2, -0.15) is 26.3 Å². The molecule has 0 fully saturated rings. The third kappa shape index (κ3) is 19.5. The molecule has 5 aromatic carbocycles. The van der Waals surface area contributed by atoms with Gasteiger partial charge < -0.3 is 13.9 Å². The van der Waals surface area contributed by atoms with Crippen LogP contribution in [0.4, 0.5) is 35.1 Å². The lowest BCUT2D eigenvalue weighted by Gasteiger charge is -2.18. The first-order valence-electron chi connectivity index (χ1n) is 35.8. The van der Waals surface area contributed by atoms with Crippen LogP contribution in [0.3, 0.4) is 0 Å². The zero-order chi connectivity index (χ0) is 81.2. The van der Waals surface area contributed by atoms with Crippen LogP contribution in [-0.4, -0.2) is 54.4 Å². The van der Waals surface area contributed by atoms with Crippen molar-refractivity contribution in [1.29, 1.82) is 0 Å². The molecule has 8 aromatic heterocycles. The Morgan fingerprint density at radius 2 is 0.963 bits per heavy atom. The lowest BCUT2D eigenvalue weighted by Crippen LogP contribution is -2.40. The minimum Gasteiger partial charge on any atom is -0.496 e. The predicted molar refractivity (Wildman–Crippen MR) is 422 cm³/mol. The minimum absolute atomic E-state index is 0.00583. The molecule has 578 valence electrons. The van der Waals surface area contributed by atoms with Crippen LogP contribution in [0.5, 0.6) is 5.75 Å². The third-order valence-electron chi connectivity index (χ3n) is 18.5. The zero-order valence-corrected chi connectivity index (χ0v) is 65.5. The molecule has 0 saturated carbocycles. The van der Waals surface area contributed by atoms with Crippen LogP contribution in [0, 0.1) is 25.5 Å². The Hall–Kier alpha value is -10.9. The molecule has 16 nitrogen and oxygen atoms in total. The predicted octanol–water partition coefficient (Wildman–Crippen LogP) is 19.8. The molecule has 0 bridgehead atoms. The molecule has 24 heteroatoms. The van der Waals surface area contributed by atoms with Crippen LogP contribution in [0.1, 0.15) is 189 Å². The van der Waals surface area contributed by atoms with Gasteiger partial charge in [-0.1, -0.05) is 130 Å². The van der Waals surface area contributed by atoms with Gasteiger partial charge in [0.2, 0.25) is 0 Å². The second-order valence-corrected chi connectivity index (χ2v) is 28.5. The van der Waals surface area contributed by atoms with Crippen LogP contribution in [0.25, 0.3) is 65.5 Å². The van der Waals surface area contributed by atoms with Crippen LogP contribution >= 0.6 is 0 Å². The van der Waals surface area contributed by atoms with E-state index in [1.165, 1.54) is 62.7 Å². The van der Waals surface area contributed by atoms with Crippen molar-refractivity contribution in [2.45, 2.75) is 165 Å². The summed E-state index contributed by atoms with van der Waals surface area (Å²) in [5.41, 5.74) is 7.69. The van der Waals surface area contributed by atoms with Crippen LogP contribution < -0.4 is 32.8 Å². The number of alkyl halides is 6. The molecule has 13 rings (SSSR count). The molecule has 13 aromatic rings. The van der Waals surface area contributed by atoms with E-state index in [1.807, 2.05) is 118 Å². The number of para-hydroxylation sites is 2. The number of aryl methyl sites for hydroxylation is 6. The van der Waals surface area contributed by atoms with Gasteiger partial charge >= 0.3 is 23.7 Å². The molecule has 0 N–H and O–H groups in total. The van der Waals surface area contributed by atoms with Crippen molar-refractivity contribution in [3.05, 3.63) is 272 Å². The number of rotatable bonds is 8. The molecule has 0 aliphatic carbocycles. The van der Waals surface area contributed by atoms with Crippen molar-refractivity contribution in [1.82, 2.24) is 47.3 Å². The van der Waals surface area contributed by atoms with E-state index in [2.05, 4.69) is 65.0 Å². The number of pyridine rings is 6. The highest BCUT2D eigenvalue weighted by molar-refractivity contribution is 5.86. The van der Waals surface area contributed by atoms with Crippen LogP contribution in [0.2, 0.25) is 0 Å². The number of halogens is 8. The largest absolute Gasteiger partial charge is 0.496 e. The normalized spacial score (nSPS) is 11.6. The van der Waals surface area contributed by atoms with Gasteiger partial charge in [-0.15, -0.1) is 0 Å². The van der Waals surface area contributed by atoms with Crippen molar-refractivity contribution in [2.24, 2.45) is 28.2 Å². The lowest BCUT2D eigenvalue weighted by molar-refractivity contribution is -0.139. The molecule has 0 amide bonds. The fraction of sp³-hybridized carbons (Fsp3) is 0.353. The summed E-state index contributed by atoms with van der Waals surface area (Å²) in [6.07, 6.45) is -2.16. The van der Waals surface area contributed by atoms with E-state index >= 15 is 0 Å². The molecule has 0 radical (unpaired) electrons. The van der Waals surface area contributed by atoms with Crippen molar-refractivity contribution in [2.75, 3.05) is 7.11 Å². The Labute approximate surface area is 628 Å². The van der Waals surface area contributed by atoms with Crippen LogP contribution in [0.15, 0.2) is 182 Å². The molecule has 0 atom stereocenters. The molecule has 0 saturated heterocycles. The summed E-state index contributed by atoms with van der Waals surface area (Å²) in [6.45, 7) is 30.7. The second kappa shape index (κ2) is 35.9. The van der Waals surface area contributed by atoms with Crippen molar-refractivity contribution in [3.8, 4) is 5.75 Å². The smallest absolute Gasteiger partial charge is 0.418 e. The molecule has 109 heavy (non-hydrogen) atoms. The summed E-state index contributed by atoms with van der Waals surface area (Å²) < 4.78 is 117. The van der Waals surface area contributed by atoms with Gasteiger partial charge in [0.1, 0.15) is 17.4 Å². The van der Waals surface area contributed by atoms with E-state index < -0.39 is 35.2 Å². The van der Waals surface area contributed by atoms with Gasteiger partial charge in [0, 0.05) is 103 Å². The number of benzene rings is 5. The number of methoxy groups -OCH3 is 1. The number of aromatic nitrogens is 10. The van der Waals surface area contributed by atoms with Gasteiger partial charge in [0.25, 0.3) is 16.7 Å². The number of imidazole rings is 1. The van der Waals surface area contributed by atoms with E-state index in [4.69, 9.17) is 4.74 Å². The van der Waals surface area contributed by atoms with Gasteiger partial charge in [-0.3, -0.25) is 47.6 Å². The molecule has 0 spiro atoms. The maximum absolute atomic E-state index is 13.3. The van der Waals surface area contributed by atoms with Gasteiger partial charge in [-0.25, -0.2) is 23.4 Å². The second-order valence-electron chi connectivity index (χ2n) is 28.5. The fourth-order valence-corrected chi connectivity index (χ4v) is 13.0.